The van der Waals surface area contributed by atoms with Gasteiger partial charge in [0.05, 0.1) is 12.5 Å². The molecule has 0 radical (unpaired) electrons. The topological polar surface area (TPSA) is 46.5 Å². The third-order valence-electron chi connectivity index (χ3n) is 2.55. The van der Waals surface area contributed by atoms with Crippen molar-refractivity contribution in [2.45, 2.75) is 18.8 Å². The lowest BCUT2D eigenvalue weighted by Crippen LogP contribution is -2.11. The van der Waals surface area contributed by atoms with Gasteiger partial charge in [-0.2, -0.15) is 0 Å². The van der Waals surface area contributed by atoms with E-state index in [1.54, 1.807) is 6.07 Å². The molecule has 1 aliphatic heterocycles. The van der Waals surface area contributed by atoms with Crippen molar-refractivity contribution >= 4 is 5.97 Å². The normalized spacial score (nSPS) is 19.9. The molecule has 0 fully saturated rings. The average Bonchev–Trinajstić information content (AvgIpc) is 2.40. The van der Waals surface area contributed by atoms with Gasteiger partial charge in [-0.05, 0) is 18.9 Å². The summed E-state index contributed by atoms with van der Waals surface area (Å²) in [6, 6.07) is 4.41. The molecule has 0 bridgehead atoms. The molecule has 80 valence electrons. The van der Waals surface area contributed by atoms with Crippen molar-refractivity contribution < 1.29 is 19.0 Å². The number of carbonyl (C=O) groups is 1. The fourth-order valence-corrected chi connectivity index (χ4v) is 1.83. The second kappa shape index (κ2) is 3.88. The van der Waals surface area contributed by atoms with Crippen molar-refractivity contribution in [1.82, 2.24) is 0 Å². The predicted molar refractivity (Wildman–Crippen MR) is 51.5 cm³/mol. The van der Waals surface area contributed by atoms with Crippen molar-refractivity contribution in [3.05, 3.63) is 29.6 Å². The maximum absolute atomic E-state index is 13.4. The van der Waals surface area contributed by atoms with E-state index in [0.29, 0.717) is 25.0 Å². The number of carboxylic acid groups (broad SMARTS) is 1. The van der Waals surface area contributed by atoms with Crippen LogP contribution in [0.5, 0.6) is 5.75 Å². The second-order valence-electron chi connectivity index (χ2n) is 3.54. The lowest BCUT2D eigenvalue weighted by Gasteiger charge is -2.12. The summed E-state index contributed by atoms with van der Waals surface area (Å²) in [6.45, 7) is 0.373. The van der Waals surface area contributed by atoms with Gasteiger partial charge in [0.15, 0.2) is 11.6 Å². The Labute approximate surface area is 86.5 Å². The van der Waals surface area contributed by atoms with Crippen molar-refractivity contribution in [1.29, 1.82) is 0 Å². The van der Waals surface area contributed by atoms with Crippen LogP contribution in [0.15, 0.2) is 18.2 Å². The fourth-order valence-electron chi connectivity index (χ4n) is 1.83. The van der Waals surface area contributed by atoms with Gasteiger partial charge < -0.3 is 9.84 Å². The van der Waals surface area contributed by atoms with Crippen LogP contribution in [0.4, 0.5) is 4.39 Å². The van der Waals surface area contributed by atoms with Crippen LogP contribution in [0.25, 0.3) is 0 Å². The van der Waals surface area contributed by atoms with Gasteiger partial charge in [0.1, 0.15) is 0 Å². The van der Waals surface area contributed by atoms with Gasteiger partial charge in [-0.15, -0.1) is 0 Å². The average molecular weight is 210 g/mol. The Kier molecular flexibility index (Phi) is 2.58. The highest BCUT2D eigenvalue weighted by Crippen LogP contribution is 2.34. The largest absolute Gasteiger partial charge is 0.490 e. The maximum Gasteiger partial charge on any atom is 0.311 e. The first-order chi connectivity index (χ1) is 7.20. The van der Waals surface area contributed by atoms with Gasteiger partial charge in [-0.25, -0.2) is 4.39 Å². The number of rotatable bonds is 1. The third kappa shape index (κ3) is 1.79. The molecule has 1 heterocycles. The summed E-state index contributed by atoms with van der Waals surface area (Å²) in [5.41, 5.74) is 0.444. The van der Waals surface area contributed by atoms with Crippen LogP contribution in [-0.4, -0.2) is 17.7 Å². The third-order valence-corrected chi connectivity index (χ3v) is 2.55. The molecule has 4 heteroatoms. The number of hydrogen-bond acceptors (Lipinski definition) is 2. The van der Waals surface area contributed by atoms with Crippen molar-refractivity contribution in [2.75, 3.05) is 6.61 Å². The van der Waals surface area contributed by atoms with Gasteiger partial charge in [-0.1, -0.05) is 12.1 Å². The Morgan fingerprint density at radius 1 is 1.53 bits per heavy atom. The monoisotopic (exact) mass is 210 g/mol. The number of para-hydroxylation sites is 1. The van der Waals surface area contributed by atoms with Crippen LogP contribution in [0.1, 0.15) is 24.3 Å². The zero-order chi connectivity index (χ0) is 10.8. The standard InChI is InChI=1S/C11H11FO3/c12-9-5-1-3-7-8(11(13)14)4-2-6-15-10(7)9/h1,3,5,8H,2,4,6H2,(H,13,14). The SMILES string of the molecule is O=C(O)C1CCCOc2c(F)cccc21. The predicted octanol–water partition coefficient (Wildman–Crippen LogP) is 2.17. The molecule has 0 amide bonds. The molecule has 1 aliphatic rings. The Bertz CT molecular complexity index is 389. The number of ether oxygens (including phenoxy) is 1. The van der Waals surface area contributed by atoms with Crippen LogP contribution < -0.4 is 4.74 Å². The van der Waals surface area contributed by atoms with Crippen LogP contribution in [-0.2, 0) is 4.79 Å². The quantitative estimate of drug-likeness (QED) is 0.772. The van der Waals surface area contributed by atoms with Gasteiger partial charge in [0.25, 0.3) is 0 Å². The van der Waals surface area contributed by atoms with E-state index < -0.39 is 17.7 Å². The van der Waals surface area contributed by atoms with E-state index >= 15 is 0 Å². The molecule has 0 aromatic heterocycles. The summed E-state index contributed by atoms with van der Waals surface area (Å²) in [5, 5.41) is 9.02. The molecule has 1 unspecified atom stereocenters. The summed E-state index contributed by atoms with van der Waals surface area (Å²) < 4.78 is 18.6. The summed E-state index contributed by atoms with van der Waals surface area (Å²) in [6.07, 6.45) is 1.12. The highest BCUT2D eigenvalue weighted by Gasteiger charge is 2.27. The molecule has 0 saturated heterocycles. The molecule has 1 aromatic rings. The number of carboxylic acids is 1. The van der Waals surface area contributed by atoms with E-state index in [4.69, 9.17) is 9.84 Å². The molecule has 1 aromatic carbocycles. The van der Waals surface area contributed by atoms with Crippen LogP contribution in [0, 0.1) is 5.82 Å². The molecule has 2 rings (SSSR count). The maximum atomic E-state index is 13.4. The summed E-state index contributed by atoms with van der Waals surface area (Å²) in [4.78, 5) is 11.0. The molecule has 1 atom stereocenters. The second-order valence-corrected chi connectivity index (χ2v) is 3.54. The number of halogens is 1. The van der Waals surface area contributed by atoms with E-state index in [-0.39, 0.29) is 5.75 Å². The van der Waals surface area contributed by atoms with Crippen molar-refractivity contribution in [3.63, 3.8) is 0 Å². The van der Waals surface area contributed by atoms with Crippen LogP contribution >= 0.6 is 0 Å². The number of benzene rings is 1. The summed E-state index contributed by atoms with van der Waals surface area (Å²) in [5.74, 6) is -1.96. The lowest BCUT2D eigenvalue weighted by atomic mass is 9.94. The minimum Gasteiger partial charge on any atom is -0.490 e. The van der Waals surface area contributed by atoms with Gasteiger partial charge in [0, 0.05) is 5.56 Å². The summed E-state index contributed by atoms with van der Waals surface area (Å²) in [7, 11) is 0. The highest BCUT2D eigenvalue weighted by atomic mass is 19.1. The van der Waals surface area contributed by atoms with Gasteiger partial charge in [0.2, 0.25) is 0 Å². The molecule has 0 saturated carbocycles. The van der Waals surface area contributed by atoms with E-state index in [9.17, 15) is 9.18 Å². The fraction of sp³-hybridized carbons (Fsp3) is 0.364. The van der Waals surface area contributed by atoms with Crippen LogP contribution in [0.3, 0.4) is 0 Å². The number of aliphatic carboxylic acids is 1. The number of hydrogen-bond donors (Lipinski definition) is 1. The zero-order valence-electron chi connectivity index (χ0n) is 8.07. The van der Waals surface area contributed by atoms with Crippen molar-refractivity contribution in [2.24, 2.45) is 0 Å². The Hall–Kier alpha value is -1.58. The minimum atomic E-state index is -0.924. The summed E-state index contributed by atoms with van der Waals surface area (Å²) >= 11 is 0. The van der Waals surface area contributed by atoms with Crippen molar-refractivity contribution in [3.8, 4) is 5.75 Å². The molecule has 0 aliphatic carbocycles. The number of fused-ring (bicyclic) bond motifs is 1. The zero-order valence-corrected chi connectivity index (χ0v) is 8.07. The molecule has 1 N–H and O–H groups in total. The smallest absolute Gasteiger partial charge is 0.311 e. The molecule has 3 nitrogen and oxygen atoms in total. The van der Waals surface area contributed by atoms with E-state index in [2.05, 4.69) is 0 Å². The van der Waals surface area contributed by atoms with E-state index in [1.165, 1.54) is 12.1 Å². The molecule has 15 heavy (non-hydrogen) atoms. The van der Waals surface area contributed by atoms with E-state index in [0.717, 1.165) is 0 Å². The lowest BCUT2D eigenvalue weighted by molar-refractivity contribution is -0.138. The van der Waals surface area contributed by atoms with Crippen LogP contribution in [0.2, 0.25) is 0 Å². The molecular formula is C11H11FO3. The molecule has 0 spiro atoms. The highest BCUT2D eigenvalue weighted by molar-refractivity contribution is 5.77. The van der Waals surface area contributed by atoms with Gasteiger partial charge >= 0.3 is 5.97 Å². The first-order valence-corrected chi connectivity index (χ1v) is 4.84. The molecular weight excluding hydrogens is 199 g/mol. The van der Waals surface area contributed by atoms with Gasteiger partial charge in [-0.3, -0.25) is 4.79 Å². The first-order valence-electron chi connectivity index (χ1n) is 4.84. The Morgan fingerprint density at radius 2 is 2.33 bits per heavy atom. The first kappa shape index (κ1) is 9.96. The Morgan fingerprint density at radius 3 is 3.07 bits per heavy atom. The Balaban J connectivity index is 2.49. The van der Waals surface area contributed by atoms with E-state index in [1.807, 2.05) is 0 Å². The minimum absolute atomic E-state index is 0.0994.